The predicted molar refractivity (Wildman–Crippen MR) is 98.0 cm³/mol. The molecule has 0 bridgehead atoms. The van der Waals surface area contributed by atoms with Gasteiger partial charge in [-0.2, -0.15) is 0 Å². The molecule has 0 saturated carbocycles. The van der Waals surface area contributed by atoms with E-state index in [0.717, 1.165) is 16.9 Å². The first-order chi connectivity index (χ1) is 12.7. The summed E-state index contributed by atoms with van der Waals surface area (Å²) in [7, 11) is 1.63. The van der Waals surface area contributed by atoms with E-state index in [9.17, 15) is 9.90 Å². The van der Waals surface area contributed by atoms with E-state index in [1.54, 1.807) is 7.11 Å². The Kier molecular flexibility index (Phi) is 6.09. The van der Waals surface area contributed by atoms with E-state index < -0.39 is 18.3 Å². The van der Waals surface area contributed by atoms with Crippen molar-refractivity contribution in [3.05, 3.63) is 65.7 Å². The van der Waals surface area contributed by atoms with Crippen LogP contribution in [0.5, 0.6) is 5.75 Å². The van der Waals surface area contributed by atoms with Crippen LogP contribution < -0.4 is 15.4 Å². The molecule has 6 nitrogen and oxygen atoms in total. The Balaban J connectivity index is 1.54. The third-order valence-corrected chi connectivity index (χ3v) is 4.50. The van der Waals surface area contributed by atoms with Crippen molar-refractivity contribution in [2.75, 3.05) is 13.7 Å². The molecular formula is C20H24N2O4. The molecule has 138 valence electrons. The Bertz CT molecular complexity index is 706. The van der Waals surface area contributed by atoms with Crippen LogP contribution >= 0.6 is 0 Å². The second-order valence-electron chi connectivity index (χ2n) is 6.34. The summed E-state index contributed by atoms with van der Waals surface area (Å²) in [5, 5.41) is 16.1. The second-order valence-corrected chi connectivity index (χ2v) is 6.34. The molecule has 3 atom stereocenters. The quantitative estimate of drug-likeness (QED) is 0.736. The van der Waals surface area contributed by atoms with Gasteiger partial charge in [-0.15, -0.1) is 0 Å². The Labute approximate surface area is 153 Å². The first kappa shape index (κ1) is 18.2. The van der Waals surface area contributed by atoms with Crippen LogP contribution in [0.15, 0.2) is 54.6 Å². The molecule has 3 N–H and O–H groups in total. The highest BCUT2D eigenvalue weighted by Crippen LogP contribution is 2.19. The average Bonchev–Trinajstić information content (AvgIpc) is 3.01. The lowest BCUT2D eigenvalue weighted by Crippen LogP contribution is -2.41. The van der Waals surface area contributed by atoms with Crippen molar-refractivity contribution < 1.29 is 19.4 Å². The highest BCUT2D eigenvalue weighted by molar-refractivity contribution is 5.67. The van der Waals surface area contributed by atoms with Crippen LogP contribution in [0, 0.1) is 0 Å². The summed E-state index contributed by atoms with van der Waals surface area (Å²) in [5.74, 6) is 0.793. The zero-order valence-electron chi connectivity index (χ0n) is 14.7. The fourth-order valence-corrected chi connectivity index (χ4v) is 3.07. The van der Waals surface area contributed by atoms with Crippen molar-refractivity contribution in [2.24, 2.45) is 0 Å². The molecule has 0 radical (unpaired) electrons. The molecule has 0 unspecified atom stereocenters. The molecule has 2 aromatic rings. The van der Waals surface area contributed by atoms with Gasteiger partial charge in [-0.05, 0) is 29.7 Å². The number of aliphatic hydroxyl groups excluding tert-OH is 1. The minimum atomic E-state index is -0.722. The number of benzene rings is 2. The Morgan fingerprint density at radius 3 is 2.58 bits per heavy atom. The number of nitrogens with one attached hydrogen (secondary N) is 2. The molecule has 0 aliphatic carbocycles. The topological polar surface area (TPSA) is 79.8 Å². The number of hydrogen-bond acceptors (Lipinski definition) is 5. The zero-order chi connectivity index (χ0) is 18.4. The number of β-amino-alcohol motifs (C(OH)–C–C–N with tert-alkyl or cyclic N) is 1. The standard InChI is InChI=1S/C20H24N2O4/c1-25-16-9-7-14(8-10-16)11-17-19(18(23)13-21-17)26-20(24)22-12-15-5-3-2-4-6-15/h2-10,17-19,21,23H,11-13H2,1H3,(H,22,24)/t17-,18+,19+/m1/s1. The number of carbonyl (C=O) groups is 1. The lowest BCUT2D eigenvalue weighted by atomic mass is 10.0. The summed E-state index contributed by atoms with van der Waals surface area (Å²) in [6.07, 6.45) is -1.19. The molecule has 6 heteroatoms. The number of carbonyl (C=O) groups excluding carboxylic acids is 1. The first-order valence-electron chi connectivity index (χ1n) is 8.68. The molecule has 1 aliphatic rings. The Hall–Kier alpha value is -2.57. The van der Waals surface area contributed by atoms with Gasteiger partial charge in [0.2, 0.25) is 0 Å². The van der Waals surface area contributed by atoms with E-state index in [1.165, 1.54) is 0 Å². The van der Waals surface area contributed by atoms with Crippen molar-refractivity contribution in [3.63, 3.8) is 0 Å². The van der Waals surface area contributed by atoms with Gasteiger partial charge in [-0.25, -0.2) is 4.79 Å². The smallest absolute Gasteiger partial charge is 0.407 e. The summed E-state index contributed by atoms with van der Waals surface area (Å²) >= 11 is 0. The summed E-state index contributed by atoms with van der Waals surface area (Å²) in [4.78, 5) is 12.1. The number of amides is 1. The van der Waals surface area contributed by atoms with E-state index in [0.29, 0.717) is 19.5 Å². The SMILES string of the molecule is COc1ccc(C[C@H]2NC[C@H](O)[C@H]2OC(=O)NCc2ccccc2)cc1. The predicted octanol–water partition coefficient (Wildman–Crippen LogP) is 1.87. The number of ether oxygens (including phenoxy) is 2. The number of aliphatic hydroxyl groups is 1. The van der Waals surface area contributed by atoms with Gasteiger partial charge in [0.05, 0.1) is 13.2 Å². The largest absolute Gasteiger partial charge is 0.497 e. The summed E-state index contributed by atoms with van der Waals surface area (Å²) in [6, 6.07) is 17.2. The van der Waals surface area contributed by atoms with E-state index >= 15 is 0 Å². The normalized spacial score (nSPS) is 22.0. The van der Waals surface area contributed by atoms with Gasteiger partial charge in [0.25, 0.3) is 0 Å². The molecule has 1 saturated heterocycles. The van der Waals surface area contributed by atoms with Crippen molar-refractivity contribution in [1.29, 1.82) is 0 Å². The fourth-order valence-electron chi connectivity index (χ4n) is 3.07. The second kappa shape index (κ2) is 8.69. The van der Waals surface area contributed by atoms with Gasteiger partial charge in [0.15, 0.2) is 0 Å². The Morgan fingerprint density at radius 2 is 1.88 bits per heavy atom. The summed E-state index contributed by atoms with van der Waals surface area (Å²) in [6.45, 7) is 0.788. The number of alkyl carbamates (subject to hydrolysis) is 1. The van der Waals surface area contributed by atoms with Gasteiger partial charge >= 0.3 is 6.09 Å². The van der Waals surface area contributed by atoms with Gasteiger partial charge in [-0.3, -0.25) is 0 Å². The van der Waals surface area contributed by atoms with Gasteiger partial charge in [-0.1, -0.05) is 42.5 Å². The van der Waals surface area contributed by atoms with Crippen molar-refractivity contribution in [2.45, 2.75) is 31.2 Å². The molecule has 3 rings (SSSR count). The average molecular weight is 356 g/mol. The van der Waals surface area contributed by atoms with Crippen LogP contribution in [0.25, 0.3) is 0 Å². The van der Waals surface area contributed by atoms with Crippen molar-refractivity contribution in [1.82, 2.24) is 10.6 Å². The maximum absolute atomic E-state index is 12.1. The van der Waals surface area contributed by atoms with Crippen LogP contribution in [-0.4, -0.2) is 43.1 Å². The van der Waals surface area contributed by atoms with Crippen LogP contribution in [-0.2, 0) is 17.7 Å². The minimum Gasteiger partial charge on any atom is -0.497 e. The molecule has 1 heterocycles. The van der Waals surface area contributed by atoms with Gasteiger partial charge in [0, 0.05) is 13.1 Å². The minimum absolute atomic E-state index is 0.138. The molecule has 1 aliphatic heterocycles. The van der Waals surface area contributed by atoms with E-state index in [4.69, 9.17) is 9.47 Å². The monoisotopic (exact) mass is 356 g/mol. The first-order valence-corrected chi connectivity index (χ1v) is 8.68. The molecule has 2 aromatic carbocycles. The van der Waals surface area contributed by atoms with E-state index in [1.807, 2.05) is 54.6 Å². The van der Waals surface area contributed by atoms with Crippen molar-refractivity contribution >= 4 is 6.09 Å². The Morgan fingerprint density at radius 1 is 1.15 bits per heavy atom. The molecule has 0 aromatic heterocycles. The number of hydrogen-bond donors (Lipinski definition) is 3. The molecule has 0 spiro atoms. The van der Waals surface area contributed by atoms with E-state index in [2.05, 4.69) is 10.6 Å². The molecule has 1 amide bonds. The van der Waals surface area contributed by atoms with Gasteiger partial charge in [0.1, 0.15) is 18.0 Å². The summed E-state index contributed by atoms with van der Waals surface area (Å²) < 4.78 is 10.6. The third-order valence-electron chi connectivity index (χ3n) is 4.50. The number of rotatable bonds is 6. The van der Waals surface area contributed by atoms with Crippen LogP contribution in [0.4, 0.5) is 4.79 Å². The highest BCUT2D eigenvalue weighted by atomic mass is 16.6. The molecule has 26 heavy (non-hydrogen) atoms. The lowest BCUT2D eigenvalue weighted by molar-refractivity contribution is 0.0188. The van der Waals surface area contributed by atoms with Crippen LogP contribution in [0.3, 0.4) is 0 Å². The molecule has 1 fully saturated rings. The fraction of sp³-hybridized carbons (Fsp3) is 0.350. The zero-order valence-corrected chi connectivity index (χ0v) is 14.7. The van der Waals surface area contributed by atoms with Crippen molar-refractivity contribution in [3.8, 4) is 5.75 Å². The van der Waals surface area contributed by atoms with Crippen LogP contribution in [0.2, 0.25) is 0 Å². The number of methoxy groups -OCH3 is 1. The highest BCUT2D eigenvalue weighted by Gasteiger charge is 2.37. The third kappa shape index (κ3) is 4.74. The summed E-state index contributed by atoms with van der Waals surface area (Å²) in [5.41, 5.74) is 2.07. The lowest BCUT2D eigenvalue weighted by Gasteiger charge is -2.22. The van der Waals surface area contributed by atoms with Gasteiger partial charge < -0.3 is 25.2 Å². The van der Waals surface area contributed by atoms with E-state index in [-0.39, 0.29) is 6.04 Å². The van der Waals surface area contributed by atoms with Crippen LogP contribution in [0.1, 0.15) is 11.1 Å². The maximum atomic E-state index is 12.1. The molecular weight excluding hydrogens is 332 g/mol. The maximum Gasteiger partial charge on any atom is 0.407 e.